The SMILES string of the molecule is CCn1c(-c2ccccc2)nn(CC(=O)NCc2cn3ccccc3n2)c1=O. The zero-order valence-corrected chi connectivity index (χ0v) is 15.4. The molecule has 3 heterocycles. The van der Waals surface area contributed by atoms with Gasteiger partial charge in [0.25, 0.3) is 0 Å². The lowest BCUT2D eigenvalue weighted by atomic mass is 10.2. The molecule has 4 aromatic rings. The van der Waals surface area contributed by atoms with Gasteiger partial charge in [-0.3, -0.25) is 9.36 Å². The van der Waals surface area contributed by atoms with E-state index >= 15 is 0 Å². The van der Waals surface area contributed by atoms with Crippen molar-refractivity contribution in [2.24, 2.45) is 0 Å². The Morgan fingerprint density at radius 1 is 1.11 bits per heavy atom. The van der Waals surface area contributed by atoms with Gasteiger partial charge >= 0.3 is 5.69 Å². The lowest BCUT2D eigenvalue weighted by Gasteiger charge is -2.02. The monoisotopic (exact) mass is 376 g/mol. The molecule has 1 amide bonds. The van der Waals surface area contributed by atoms with Crippen LogP contribution in [0.2, 0.25) is 0 Å². The molecular formula is C20H20N6O2. The van der Waals surface area contributed by atoms with Gasteiger partial charge in [0.2, 0.25) is 5.91 Å². The van der Waals surface area contributed by atoms with E-state index in [2.05, 4.69) is 15.4 Å². The van der Waals surface area contributed by atoms with Crippen molar-refractivity contribution in [2.75, 3.05) is 0 Å². The Bertz CT molecular complexity index is 1140. The number of nitrogens with zero attached hydrogens (tertiary/aromatic N) is 5. The highest BCUT2D eigenvalue weighted by Crippen LogP contribution is 2.14. The summed E-state index contributed by atoms with van der Waals surface area (Å²) in [6, 6.07) is 15.2. The van der Waals surface area contributed by atoms with Gasteiger partial charge < -0.3 is 9.72 Å². The average molecular weight is 376 g/mol. The van der Waals surface area contributed by atoms with Crippen LogP contribution in [0.25, 0.3) is 17.0 Å². The number of benzene rings is 1. The molecule has 0 bridgehead atoms. The smallest absolute Gasteiger partial charge is 0.346 e. The average Bonchev–Trinajstić information content (AvgIpc) is 3.28. The van der Waals surface area contributed by atoms with E-state index in [1.165, 1.54) is 4.68 Å². The molecule has 0 aliphatic carbocycles. The summed E-state index contributed by atoms with van der Waals surface area (Å²) in [6.07, 6.45) is 3.76. The van der Waals surface area contributed by atoms with Gasteiger partial charge in [-0.2, -0.15) is 0 Å². The minimum atomic E-state index is -0.302. The van der Waals surface area contributed by atoms with E-state index in [9.17, 15) is 9.59 Å². The molecule has 3 aromatic heterocycles. The molecule has 0 atom stereocenters. The number of hydrogen-bond acceptors (Lipinski definition) is 4. The minimum Gasteiger partial charge on any atom is -0.349 e. The largest absolute Gasteiger partial charge is 0.349 e. The summed E-state index contributed by atoms with van der Waals surface area (Å²) in [5, 5.41) is 7.17. The lowest BCUT2D eigenvalue weighted by molar-refractivity contribution is -0.122. The van der Waals surface area contributed by atoms with Gasteiger partial charge in [0.05, 0.1) is 12.2 Å². The number of fused-ring (bicyclic) bond motifs is 1. The van der Waals surface area contributed by atoms with E-state index in [0.717, 1.165) is 16.9 Å². The summed E-state index contributed by atoms with van der Waals surface area (Å²) in [5.41, 5.74) is 2.10. The standard InChI is InChI=1S/C20H20N6O2/c1-2-25-19(15-8-4-3-5-9-15)23-26(20(25)28)14-18(27)21-12-16-13-24-11-7-6-10-17(24)22-16/h3-11,13H,2,12,14H2,1H3,(H,21,27). The maximum atomic E-state index is 12.6. The zero-order valence-electron chi connectivity index (χ0n) is 15.4. The Hall–Kier alpha value is -3.68. The van der Waals surface area contributed by atoms with Crippen LogP contribution >= 0.6 is 0 Å². The second-order valence-corrected chi connectivity index (χ2v) is 6.35. The van der Waals surface area contributed by atoms with Crippen molar-refractivity contribution in [1.82, 2.24) is 29.0 Å². The van der Waals surface area contributed by atoms with Crippen molar-refractivity contribution in [3.05, 3.63) is 77.1 Å². The van der Waals surface area contributed by atoms with Crippen LogP contribution in [0.4, 0.5) is 0 Å². The molecule has 0 aliphatic heterocycles. The summed E-state index contributed by atoms with van der Waals surface area (Å²) < 4.78 is 4.65. The number of nitrogens with one attached hydrogen (secondary N) is 1. The molecule has 8 nitrogen and oxygen atoms in total. The molecule has 0 radical (unpaired) electrons. The third kappa shape index (κ3) is 3.44. The van der Waals surface area contributed by atoms with Crippen LogP contribution in [0.3, 0.4) is 0 Å². The number of carbonyl (C=O) groups excluding carboxylic acids is 1. The van der Waals surface area contributed by atoms with Crippen molar-refractivity contribution in [1.29, 1.82) is 0 Å². The van der Waals surface area contributed by atoms with Gasteiger partial charge in [0.15, 0.2) is 5.82 Å². The number of hydrogen-bond donors (Lipinski definition) is 1. The molecule has 0 fully saturated rings. The van der Waals surface area contributed by atoms with Crippen LogP contribution < -0.4 is 11.0 Å². The molecule has 142 valence electrons. The summed E-state index contributed by atoms with van der Waals surface area (Å²) in [4.78, 5) is 29.4. The van der Waals surface area contributed by atoms with E-state index in [4.69, 9.17) is 0 Å². The van der Waals surface area contributed by atoms with Gasteiger partial charge in [-0.25, -0.2) is 14.5 Å². The molecule has 0 aliphatic rings. The summed E-state index contributed by atoms with van der Waals surface area (Å²) >= 11 is 0. The quantitative estimate of drug-likeness (QED) is 0.555. The molecule has 0 unspecified atom stereocenters. The van der Waals surface area contributed by atoms with Crippen molar-refractivity contribution < 1.29 is 4.79 Å². The van der Waals surface area contributed by atoms with Gasteiger partial charge in [0, 0.05) is 24.5 Å². The van der Waals surface area contributed by atoms with Crippen LogP contribution in [0.1, 0.15) is 12.6 Å². The third-order valence-corrected chi connectivity index (χ3v) is 4.44. The molecule has 0 saturated heterocycles. The van der Waals surface area contributed by atoms with Crippen molar-refractivity contribution in [3.8, 4) is 11.4 Å². The summed E-state index contributed by atoms with van der Waals surface area (Å²) in [5.74, 6) is 0.265. The maximum Gasteiger partial charge on any atom is 0.346 e. The topological polar surface area (TPSA) is 86.2 Å². The van der Waals surface area contributed by atoms with E-state index in [0.29, 0.717) is 12.4 Å². The highest BCUT2D eigenvalue weighted by atomic mass is 16.2. The second kappa shape index (κ2) is 7.51. The fraction of sp³-hybridized carbons (Fsp3) is 0.200. The molecule has 8 heteroatoms. The lowest BCUT2D eigenvalue weighted by Crippen LogP contribution is -2.33. The predicted octanol–water partition coefficient (Wildman–Crippen LogP) is 1.70. The van der Waals surface area contributed by atoms with Crippen LogP contribution in [0.15, 0.2) is 65.7 Å². The first-order chi connectivity index (χ1) is 13.7. The first-order valence-electron chi connectivity index (χ1n) is 9.08. The Balaban J connectivity index is 1.48. The number of rotatable bonds is 6. The van der Waals surface area contributed by atoms with Crippen molar-refractivity contribution in [2.45, 2.75) is 26.6 Å². The van der Waals surface area contributed by atoms with E-state index in [1.807, 2.05) is 72.2 Å². The number of carbonyl (C=O) groups is 1. The summed E-state index contributed by atoms with van der Waals surface area (Å²) in [6.45, 7) is 2.50. The fourth-order valence-electron chi connectivity index (χ4n) is 3.08. The first-order valence-corrected chi connectivity index (χ1v) is 9.08. The molecule has 1 N–H and O–H groups in total. The molecule has 0 saturated carbocycles. The normalized spacial score (nSPS) is 11.0. The van der Waals surface area contributed by atoms with Crippen LogP contribution in [0.5, 0.6) is 0 Å². The predicted molar refractivity (Wildman–Crippen MR) is 105 cm³/mol. The molecule has 1 aromatic carbocycles. The van der Waals surface area contributed by atoms with Gasteiger partial charge in [0.1, 0.15) is 12.2 Å². The highest BCUT2D eigenvalue weighted by Gasteiger charge is 2.16. The van der Waals surface area contributed by atoms with Crippen molar-refractivity contribution >= 4 is 11.6 Å². The molecule has 4 rings (SSSR count). The van der Waals surface area contributed by atoms with Gasteiger partial charge in [-0.15, -0.1) is 5.10 Å². The highest BCUT2D eigenvalue weighted by molar-refractivity contribution is 5.75. The van der Waals surface area contributed by atoms with E-state index < -0.39 is 0 Å². The Labute approximate surface area is 161 Å². The van der Waals surface area contributed by atoms with Gasteiger partial charge in [-0.1, -0.05) is 36.4 Å². The van der Waals surface area contributed by atoms with Gasteiger partial charge in [-0.05, 0) is 19.1 Å². The van der Waals surface area contributed by atoms with Crippen molar-refractivity contribution in [3.63, 3.8) is 0 Å². The summed E-state index contributed by atoms with van der Waals surface area (Å²) in [7, 11) is 0. The first kappa shape index (κ1) is 17.7. The van der Waals surface area contributed by atoms with E-state index in [1.54, 1.807) is 4.57 Å². The van der Waals surface area contributed by atoms with Crippen LogP contribution in [-0.4, -0.2) is 29.6 Å². The zero-order chi connectivity index (χ0) is 19.5. The molecular weight excluding hydrogens is 356 g/mol. The second-order valence-electron chi connectivity index (χ2n) is 6.35. The van der Waals surface area contributed by atoms with Crippen LogP contribution in [-0.2, 0) is 24.4 Å². The number of pyridine rings is 1. The number of amides is 1. The van der Waals surface area contributed by atoms with E-state index in [-0.39, 0.29) is 24.7 Å². The molecule has 0 spiro atoms. The third-order valence-electron chi connectivity index (χ3n) is 4.44. The Morgan fingerprint density at radius 3 is 2.64 bits per heavy atom. The fourth-order valence-corrected chi connectivity index (χ4v) is 3.08. The maximum absolute atomic E-state index is 12.6. The molecule has 28 heavy (non-hydrogen) atoms. The Morgan fingerprint density at radius 2 is 1.89 bits per heavy atom. The number of aromatic nitrogens is 5. The van der Waals surface area contributed by atoms with Crippen LogP contribution in [0, 0.1) is 0 Å². The minimum absolute atomic E-state index is 0.140. The Kier molecular flexibility index (Phi) is 4.76. The number of imidazole rings is 1.